The molecule has 0 fully saturated rings. The number of carbonyl (C=O) groups excluding carboxylic acids is 1. The van der Waals surface area contributed by atoms with Crippen molar-refractivity contribution in [3.63, 3.8) is 0 Å². The van der Waals surface area contributed by atoms with Gasteiger partial charge >= 0.3 is 0 Å². The lowest BCUT2D eigenvalue weighted by Crippen LogP contribution is -2.08. The van der Waals surface area contributed by atoms with Crippen LogP contribution >= 0.6 is 0 Å². The second-order valence-electron chi connectivity index (χ2n) is 1.60. The molecule has 0 saturated carbocycles. The van der Waals surface area contributed by atoms with Crippen LogP contribution < -0.4 is 10.9 Å². The quantitative estimate of drug-likeness (QED) is 0.559. The van der Waals surface area contributed by atoms with Crippen LogP contribution in [0.3, 0.4) is 0 Å². The average Bonchev–Trinajstić information content (AvgIpc) is 2.34. The number of furan rings is 1. The molecule has 0 aliphatic heterocycles. The van der Waals surface area contributed by atoms with E-state index in [2.05, 4.69) is 9.56 Å². The predicted molar refractivity (Wildman–Crippen MR) is 40.3 cm³/mol. The van der Waals surface area contributed by atoms with E-state index in [1.807, 2.05) is 0 Å². The Morgan fingerprint density at radius 1 is 1.67 bits per heavy atom. The van der Waals surface area contributed by atoms with Gasteiger partial charge in [-0.15, -0.1) is 0 Å². The molecule has 12 heavy (non-hydrogen) atoms. The van der Waals surface area contributed by atoms with Crippen molar-refractivity contribution >= 4 is 17.2 Å². The molecule has 1 atom stereocenters. The van der Waals surface area contributed by atoms with Crippen molar-refractivity contribution in [3.8, 4) is 0 Å². The summed E-state index contributed by atoms with van der Waals surface area (Å²) < 4.78 is 22.2. The Morgan fingerprint density at radius 3 is 2.33 bits per heavy atom. The molecule has 4 N–H and O–H groups in total. The SMILES string of the molecule is NC(=O)c1ccco1.NS(=O)[O-]. The lowest BCUT2D eigenvalue weighted by molar-refractivity contribution is 0.0974. The normalized spacial score (nSPS) is 11.2. The first-order valence-corrected chi connectivity index (χ1v) is 3.85. The maximum absolute atomic E-state index is 10.2. The molecular formula is C5H7N2O4S-. The van der Waals surface area contributed by atoms with Gasteiger partial charge in [0.15, 0.2) is 5.76 Å². The molecule has 1 aromatic heterocycles. The zero-order valence-electron chi connectivity index (χ0n) is 5.93. The van der Waals surface area contributed by atoms with Crippen molar-refractivity contribution in [1.29, 1.82) is 0 Å². The molecular weight excluding hydrogens is 184 g/mol. The molecule has 1 heterocycles. The van der Waals surface area contributed by atoms with Crippen LogP contribution in [0.25, 0.3) is 0 Å². The highest BCUT2D eigenvalue weighted by atomic mass is 32.2. The van der Waals surface area contributed by atoms with Crippen molar-refractivity contribution in [2.24, 2.45) is 10.9 Å². The van der Waals surface area contributed by atoms with Crippen molar-refractivity contribution in [3.05, 3.63) is 24.2 Å². The average molecular weight is 191 g/mol. The fraction of sp³-hybridized carbons (Fsp3) is 0. The summed E-state index contributed by atoms with van der Waals surface area (Å²) >= 11 is -2.36. The molecule has 0 bridgehead atoms. The Morgan fingerprint density at radius 2 is 2.17 bits per heavy atom. The smallest absolute Gasteiger partial charge is 0.284 e. The third kappa shape index (κ3) is 5.59. The second kappa shape index (κ2) is 5.47. The summed E-state index contributed by atoms with van der Waals surface area (Å²) in [5, 5.41) is 4.03. The summed E-state index contributed by atoms with van der Waals surface area (Å²) in [7, 11) is 0. The topological polar surface area (TPSA) is 122 Å². The summed E-state index contributed by atoms with van der Waals surface area (Å²) in [5.41, 5.74) is 4.83. The van der Waals surface area contributed by atoms with E-state index in [-0.39, 0.29) is 5.76 Å². The van der Waals surface area contributed by atoms with Crippen LogP contribution in [0, 0.1) is 0 Å². The Hall–Kier alpha value is -1.18. The minimum atomic E-state index is -2.36. The fourth-order valence-electron chi connectivity index (χ4n) is 0.419. The van der Waals surface area contributed by atoms with Gasteiger partial charge < -0.3 is 14.7 Å². The summed E-state index contributed by atoms with van der Waals surface area (Å²) in [5.74, 6) is -0.333. The van der Waals surface area contributed by atoms with E-state index in [4.69, 9.17) is 14.5 Å². The molecule has 0 aliphatic carbocycles. The van der Waals surface area contributed by atoms with Crippen LogP contribution in [-0.4, -0.2) is 14.7 Å². The highest BCUT2D eigenvalue weighted by molar-refractivity contribution is 7.76. The van der Waals surface area contributed by atoms with Crippen molar-refractivity contribution < 1.29 is 18.0 Å². The van der Waals surface area contributed by atoms with E-state index < -0.39 is 17.2 Å². The fourth-order valence-corrected chi connectivity index (χ4v) is 0.419. The Balaban J connectivity index is 0.000000261. The highest BCUT2D eigenvalue weighted by Gasteiger charge is 1.98. The largest absolute Gasteiger partial charge is 0.760 e. The first-order valence-electron chi connectivity index (χ1n) is 2.71. The van der Waals surface area contributed by atoms with Crippen molar-refractivity contribution in [2.75, 3.05) is 0 Å². The Bertz CT molecular complexity index is 254. The van der Waals surface area contributed by atoms with Crippen LogP contribution in [-0.2, 0) is 11.3 Å². The van der Waals surface area contributed by atoms with E-state index in [9.17, 15) is 4.79 Å². The van der Waals surface area contributed by atoms with Crippen LogP contribution in [0.4, 0.5) is 0 Å². The third-order valence-electron chi connectivity index (χ3n) is 0.764. The van der Waals surface area contributed by atoms with Gasteiger partial charge in [-0.25, -0.2) is 0 Å². The number of hydrogen-bond donors (Lipinski definition) is 2. The molecule has 6 nitrogen and oxygen atoms in total. The van der Waals surface area contributed by atoms with Gasteiger partial charge in [-0.2, -0.15) is 0 Å². The zero-order chi connectivity index (χ0) is 9.56. The minimum Gasteiger partial charge on any atom is -0.760 e. The third-order valence-corrected chi connectivity index (χ3v) is 0.764. The number of rotatable bonds is 1. The van der Waals surface area contributed by atoms with Crippen LogP contribution in [0.15, 0.2) is 22.8 Å². The predicted octanol–water partition coefficient (Wildman–Crippen LogP) is -0.882. The Kier molecular flexibility index (Phi) is 4.93. The molecule has 1 amide bonds. The number of primary amides is 1. The van der Waals surface area contributed by atoms with E-state index >= 15 is 0 Å². The summed E-state index contributed by atoms with van der Waals surface area (Å²) in [6.45, 7) is 0. The summed E-state index contributed by atoms with van der Waals surface area (Å²) in [4.78, 5) is 10.2. The molecule has 7 heteroatoms. The number of hydrogen-bond acceptors (Lipinski definition) is 4. The first-order chi connectivity index (χ1) is 5.54. The van der Waals surface area contributed by atoms with Crippen LogP contribution in [0.5, 0.6) is 0 Å². The maximum Gasteiger partial charge on any atom is 0.284 e. The van der Waals surface area contributed by atoms with E-state index in [0.29, 0.717) is 0 Å². The van der Waals surface area contributed by atoms with Gasteiger partial charge in [0.25, 0.3) is 5.91 Å². The Labute approximate surface area is 71.0 Å². The molecule has 0 spiro atoms. The highest BCUT2D eigenvalue weighted by Crippen LogP contribution is 1.96. The monoisotopic (exact) mass is 191 g/mol. The van der Waals surface area contributed by atoms with E-state index in [1.165, 1.54) is 12.3 Å². The molecule has 1 rings (SSSR count). The van der Waals surface area contributed by atoms with Gasteiger partial charge in [0.2, 0.25) is 0 Å². The standard InChI is InChI=1S/C5H5NO2.H3NO2S/c6-5(7)4-2-1-3-8-4;1-4(2)3/h1-3H,(H2,6,7);1H2,(H,2,3)/p-1. The lowest BCUT2D eigenvalue weighted by Gasteiger charge is -1.85. The number of nitrogens with two attached hydrogens (primary N) is 2. The number of carbonyl (C=O) groups is 1. The van der Waals surface area contributed by atoms with Gasteiger partial charge in [-0.3, -0.25) is 14.1 Å². The summed E-state index contributed by atoms with van der Waals surface area (Å²) in [6.07, 6.45) is 1.40. The van der Waals surface area contributed by atoms with Gasteiger partial charge in [0, 0.05) is 11.3 Å². The summed E-state index contributed by atoms with van der Waals surface area (Å²) in [6, 6.07) is 3.13. The molecule has 0 aliphatic rings. The van der Waals surface area contributed by atoms with E-state index in [0.717, 1.165) is 0 Å². The van der Waals surface area contributed by atoms with Crippen LogP contribution in [0.2, 0.25) is 0 Å². The molecule has 0 saturated heterocycles. The maximum atomic E-state index is 10.2. The van der Waals surface area contributed by atoms with Gasteiger partial charge in [-0.1, -0.05) is 0 Å². The molecule has 1 aromatic rings. The van der Waals surface area contributed by atoms with Gasteiger partial charge in [0.05, 0.1) is 6.26 Å². The van der Waals surface area contributed by atoms with Gasteiger partial charge in [0.1, 0.15) is 0 Å². The van der Waals surface area contributed by atoms with Crippen molar-refractivity contribution in [2.45, 2.75) is 0 Å². The lowest BCUT2D eigenvalue weighted by atomic mass is 10.4. The van der Waals surface area contributed by atoms with E-state index in [1.54, 1.807) is 6.07 Å². The second-order valence-corrected chi connectivity index (χ2v) is 2.12. The van der Waals surface area contributed by atoms with Crippen molar-refractivity contribution in [1.82, 2.24) is 0 Å². The van der Waals surface area contributed by atoms with Gasteiger partial charge in [-0.05, 0) is 12.1 Å². The first kappa shape index (κ1) is 10.8. The zero-order valence-corrected chi connectivity index (χ0v) is 6.74. The number of amides is 1. The molecule has 0 aromatic carbocycles. The molecule has 68 valence electrons. The minimum absolute atomic E-state index is 0.199. The molecule has 1 unspecified atom stereocenters. The molecule has 0 radical (unpaired) electrons. The van der Waals surface area contributed by atoms with Crippen LogP contribution in [0.1, 0.15) is 10.6 Å².